The van der Waals surface area contributed by atoms with Crippen LogP contribution in [0.3, 0.4) is 0 Å². The topological polar surface area (TPSA) is 84.1 Å². The van der Waals surface area contributed by atoms with Crippen LogP contribution >= 0.6 is 0 Å². The standard InChI is InChI=1S/C14H21N3O3/c1-6-20-12(19)10-9(14(10,4)5)11-7(2)15-13(17-11)16-8(3)18/h9-10H,6H2,1-5H3,(H2,15,16,17,18). The number of rotatable bonds is 4. The molecule has 0 bridgehead atoms. The van der Waals surface area contributed by atoms with Crippen LogP contribution in [-0.2, 0) is 14.3 Å². The number of nitrogens with zero attached hydrogens (tertiary/aromatic N) is 1. The predicted molar refractivity (Wildman–Crippen MR) is 74.3 cm³/mol. The van der Waals surface area contributed by atoms with Crippen molar-refractivity contribution in [2.45, 2.75) is 40.5 Å². The second-order valence-electron chi connectivity index (χ2n) is 5.81. The van der Waals surface area contributed by atoms with E-state index in [4.69, 9.17) is 4.74 Å². The van der Waals surface area contributed by atoms with Gasteiger partial charge in [-0.2, -0.15) is 0 Å². The summed E-state index contributed by atoms with van der Waals surface area (Å²) in [6.07, 6.45) is 0. The molecule has 2 unspecified atom stereocenters. The maximum atomic E-state index is 12.0. The number of amides is 1. The number of nitrogens with one attached hydrogen (secondary N) is 2. The highest BCUT2D eigenvalue weighted by Gasteiger charge is 2.64. The fraction of sp³-hybridized carbons (Fsp3) is 0.643. The van der Waals surface area contributed by atoms with Crippen molar-refractivity contribution >= 4 is 17.8 Å². The third-order valence-corrected chi connectivity index (χ3v) is 3.88. The lowest BCUT2D eigenvalue weighted by Gasteiger charge is -2.01. The van der Waals surface area contributed by atoms with Crippen molar-refractivity contribution in [3.63, 3.8) is 0 Å². The molecule has 1 heterocycles. The maximum Gasteiger partial charge on any atom is 0.310 e. The highest BCUT2D eigenvalue weighted by molar-refractivity contribution is 5.87. The zero-order valence-electron chi connectivity index (χ0n) is 12.5. The van der Waals surface area contributed by atoms with E-state index in [1.54, 1.807) is 6.92 Å². The summed E-state index contributed by atoms with van der Waals surface area (Å²) in [5.41, 5.74) is 1.54. The van der Waals surface area contributed by atoms with Crippen molar-refractivity contribution in [3.05, 3.63) is 11.4 Å². The third kappa shape index (κ3) is 2.42. The van der Waals surface area contributed by atoms with Crippen molar-refractivity contribution < 1.29 is 14.3 Å². The molecule has 2 atom stereocenters. The van der Waals surface area contributed by atoms with Crippen LogP contribution in [0.15, 0.2) is 0 Å². The lowest BCUT2D eigenvalue weighted by Crippen LogP contribution is -2.10. The van der Waals surface area contributed by atoms with E-state index in [0.29, 0.717) is 12.6 Å². The number of carbonyl (C=O) groups excluding carboxylic acids is 2. The summed E-state index contributed by atoms with van der Waals surface area (Å²) in [6.45, 7) is 9.58. The molecular weight excluding hydrogens is 258 g/mol. The smallest absolute Gasteiger partial charge is 0.310 e. The van der Waals surface area contributed by atoms with Gasteiger partial charge in [0.1, 0.15) is 0 Å². The number of aryl methyl sites for hydroxylation is 1. The maximum absolute atomic E-state index is 12.0. The second-order valence-corrected chi connectivity index (χ2v) is 5.81. The molecule has 0 aliphatic heterocycles. The number of carbonyl (C=O) groups is 2. The highest BCUT2D eigenvalue weighted by atomic mass is 16.5. The Kier molecular flexibility index (Phi) is 3.58. The first-order valence-electron chi connectivity index (χ1n) is 6.79. The van der Waals surface area contributed by atoms with Crippen molar-refractivity contribution in [1.29, 1.82) is 0 Å². The number of aromatic amines is 1. The average molecular weight is 279 g/mol. The Hall–Kier alpha value is -1.85. The lowest BCUT2D eigenvalue weighted by molar-refractivity contribution is -0.145. The Bertz CT molecular complexity index is 548. The summed E-state index contributed by atoms with van der Waals surface area (Å²) in [5, 5.41) is 2.62. The molecule has 2 rings (SSSR count). The first kappa shape index (κ1) is 14.6. The van der Waals surface area contributed by atoms with Crippen LogP contribution in [0.5, 0.6) is 0 Å². The number of hydrogen-bond acceptors (Lipinski definition) is 4. The van der Waals surface area contributed by atoms with Crippen LogP contribution in [0, 0.1) is 18.3 Å². The predicted octanol–water partition coefficient (Wildman–Crippen LogP) is 1.98. The molecular formula is C14H21N3O3. The van der Waals surface area contributed by atoms with Crippen molar-refractivity contribution in [1.82, 2.24) is 9.97 Å². The number of anilines is 1. The van der Waals surface area contributed by atoms with Crippen LogP contribution < -0.4 is 5.32 Å². The summed E-state index contributed by atoms with van der Waals surface area (Å²) >= 11 is 0. The van der Waals surface area contributed by atoms with Gasteiger partial charge in [-0.3, -0.25) is 14.9 Å². The largest absolute Gasteiger partial charge is 0.466 e. The molecule has 1 aromatic heterocycles. The van der Waals surface area contributed by atoms with E-state index < -0.39 is 0 Å². The molecule has 20 heavy (non-hydrogen) atoms. The molecule has 0 radical (unpaired) electrons. The molecule has 1 aromatic rings. The minimum atomic E-state index is -0.178. The van der Waals surface area contributed by atoms with E-state index in [2.05, 4.69) is 15.3 Å². The fourth-order valence-corrected chi connectivity index (χ4v) is 2.82. The minimum absolute atomic E-state index is 0.0281. The molecule has 2 N–H and O–H groups in total. The first-order valence-corrected chi connectivity index (χ1v) is 6.79. The first-order chi connectivity index (χ1) is 9.28. The van der Waals surface area contributed by atoms with Crippen LogP contribution in [0.25, 0.3) is 0 Å². The van der Waals surface area contributed by atoms with Gasteiger partial charge in [0, 0.05) is 18.5 Å². The van der Waals surface area contributed by atoms with Crippen LogP contribution in [-0.4, -0.2) is 28.5 Å². The molecule has 1 saturated carbocycles. The Morgan fingerprint density at radius 2 is 2.10 bits per heavy atom. The van der Waals surface area contributed by atoms with Gasteiger partial charge in [-0.25, -0.2) is 4.98 Å². The van der Waals surface area contributed by atoms with E-state index >= 15 is 0 Å². The highest BCUT2D eigenvalue weighted by Crippen LogP contribution is 2.65. The van der Waals surface area contributed by atoms with Crippen LogP contribution in [0.4, 0.5) is 5.95 Å². The van der Waals surface area contributed by atoms with Gasteiger partial charge >= 0.3 is 5.97 Å². The van der Waals surface area contributed by atoms with Gasteiger partial charge in [0.25, 0.3) is 0 Å². The molecule has 1 fully saturated rings. The van der Waals surface area contributed by atoms with Gasteiger partial charge in [-0.1, -0.05) is 13.8 Å². The summed E-state index contributed by atoms with van der Waals surface area (Å²) in [7, 11) is 0. The van der Waals surface area contributed by atoms with Crippen LogP contribution in [0.1, 0.15) is 45.0 Å². The Morgan fingerprint density at radius 3 is 2.65 bits per heavy atom. The monoisotopic (exact) mass is 279 g/mol. The molecule has 110 valence electrons. The zero-order valence-corrected chi connectivity index (χ0v) is 12.5. The molecule has 0 saturated heterocycles. The van der Waals surface area contributed by atoms with Crippen molar-refractivity contribution in [2.24, 2.45) is 11.3 Å². The molecule has 6 heteroatoms. The van der Waals surface area contributed by atoms with Gasteiger partial charge in [0.05, 0.1) is 18.2 Å². The summed E-state index contributed by atoms with van der Waals surface area (Å²) in [6, 6.07) is 0. The summed E-state index contributed by atoms with van der Waals surface area (Å²) in [5.74, 6) is -0.0708. The SMILES string of the molecule is CCOC(=O)C1C(c2nc(NC(C)=O)[nH]c2C)C1(C)C. The van der Waals surface area contributed by atoms with Gasteiger partial charge < -0.3 is 9.72 Å². The number of ether oxygens (including phenoxy) is 1. The Balaban J connectivity index is 2.22. The lowest BCUT2D eigenvalue weighted by atomic mass is 10.1. The molecule has 1 aliphatic carbocycles. The average Bonchev–Trinajstić information content (AvgIpc) is 2.69. The van der Waals surface area contributed by atoms with Gasteiger partial charge in [0.2, 0.25) is 11.9 Å². The Morgan fingerprint density at radius 1 is 1.45 bits per heavy atom. The van der Waals surface area contributed by atoms with Crippen molar-refractivity contribution in [2.75, 3.05) is 11.9 Å². The van der Waals surface area contributed by atoms with E-state index in [-0.39, 0.29) is 29.1 Å². The fourth-order valence-electron chi connectivity index (χ4n) is 2.82. The quantitative estimate of drug-likeness (QED) is 0.825. The van der Waals surface area contributed by atoms with E-state index in [0.717, 1.165) is 11.4 Å². The molecule has 6 nitrogen and oxygen atoms in total. The minimum Gasteiger partial charge on any atom is -0.466 e. The number of hydrogen-bond donors (Lipinski definition) is 2. The van der Waals surface area contributed by atoms with Gasteiger partial charge in [-0.05, 0) is 19.3 Å². The number of H-pyrrole nitrogens is 1. The van der Waals surface area contributed by atoms with E-state index in [9.17, 15) is 9.59 Å². The molecule has 1 amide bonds. The summed E-state index contributed by atoms with van der Waals surface area (Å²) in [4.78, 5) is 30.5. The van der Waals surface area contributed by atoms with Crippen LogP contribution in [0.2, 0.25) is 0 Å². The zero-order chi connectivity index (χ0) is 15.1. The number of imidazole rings is 1. The van der Waals surface area contributed by atoms with Gasteiger partial charge in [-0.15, -0.1) is 0 Å². The van der Waals surface area contributed by atoms with Crippen molar-refractivity contribution in [3.8, 4) is 0 Å². The van der Waals surface area contributed by atoms with E-state index in [1.165, 1.54) is 6.92 Å². The Labute approximate surface area is 118 Å². The molecule has 1 aliphatic rings. The number of esters is 1. The molecule has 0 spiro atoms. The van der Waals surface area contributed by atoms with E-state index in [1.807, 2.05) is 20.8 Å². The normalized spacial score (nSPS) is 23.2. The third-order valence-electron chi connectivity index (χ3n) is 3.88. The van der Waals surface area contributed by atoms with Gasteiger partial charge in [0.15, 0.2) is 0 Å². The number of aromatic nitrogens is 2. The molecule has 0 aromatic carbocycles. The second kappa shape index (κ2) is 4.92. The summed E-state index contributed by atoms with van der Waals surface area (Å²) < 4.78 is 5.12.